The van der Waals surface area contributed by atoms with Crippen LogP contribution in [0.5, 0.6) is 0 Å². The fourth-order valence-electron chi connectivity index (χ4n) is 2.30. The molecule has 2 atom stereocenters. The first kappa shape index (κ1) is 14.5. The third-order valence-corrected chi connectivity index (χ3v) is 3.96. The van der Waals surface area contributed by atoms with Gasteiger partial charge in [0.05, 0.1) is 11.0 Å². The predicted molar refractivity (Wildman–Crippen MR) is 76.9 cm³/mol. The number of hydrogen-bond donors (Lipinski definition) is 3. The topological polar surface area (TPSA) is 100 Å². The third-order valence-electron chi connectivity index (χ3n) is 3.96. The Kier molecular flexibility index (Phi) is 3.80. The molecular formula is C13H20N4O3. The van der Waals surface area contributed by atoms with Crippen LogP contribution >= 0.6 is 0 Å². The van der Waals surface area contributed by atoms with Crippen LogP contribution in [0, 0.1) is 15.5 Å². The lowest BCUT2D eigenvalue weighted by molar-refractivity contribution is -0.384. The highest BCUT2D eigenvalue weighted by molar-refractivity contribution is 5.61. The molecule has 0 bridgehead atoms. The van der Waals surface area contributed by atoms with Crippen molar-refractivity contribution in [3.63, 3.8) is 0 Å². The summed E-state index contributed by atoms with van der Waals surface area (Å²) < 4.78 is 0. The highest BCUT2D eigenvalue weighted by Gasteiger charge is 2.48. The SMILES string of the molecule is CCNc1ccc([N+](=O)[O-])c(NC2CC(O)C2(C)C)n1. The maximum atomic E-state index is 11.1. The summed E-state index contributed by atoms with van der Waals surface area (Å²) in [5.74, 6) is 0.844. The number of nitrogens with zero attached hydrogens (tertiary/aromatic N) is 2. The van der Waals surface area contributed by atoms with Crippen molar-refractivity contribution in [3.05, 3.63) is 22.2 Å². The van der Waals surface area contributed by atoms with Gasteiger partial charge in [0.25, 0.3) is 0 Å². The molecule has 1 aliphatic rings. The van der Waals surface area contributed by atoms with E-state index in [2.05, 4.69) is 15.6 Å². The van der Waals surface area contributed by atoms with Crippen molar-refractivity contribution in [2.45, 2.75) is 39.3 Å². The first-order valence-corrected chi connectivity index (χ1v) is 6.70. The van der Waals surface area contributed by atoms with E-state index in [0.29, 0.717) is 18.8 Å². The van der Waals surface area contributed by atoms with Crippen LogP contribution in [0.2, 0.25) is 0 Å². The Morgan fingerprint density at radius 2 is 2.25 bits per heavy atom. The van der Waals surface area contributed by atoms with E-state index in [0.717, 1.165) is 0 Å². The largest absolute Gasteiger partial charge is 0.392 e. The van der Waals surface area contributed by atoms with Gasteiger partial charge in [-0.2, -0.15) is 0 Å². The molecule has 110 valence electrons. The van der Waals surface area contributed by atoms with Gasteiger partial charge in [0.2, 0.25) is 5.82 Å². The minimum absolute atomic E-state index is 0.0272. The summed E-state index contributed by atoms with van der Waals surface area (Å²) in [6, 6.07) is 3.00. The summed E-state index contributed by atoms with van der Waals surface area (Å²) in [5.41, 5.74) is -0.368. The average molecular weight is 280 g/mol. The van der Waals surface area contributed by atoms with E-state index in [1.807, 2.05) is 20.8 Å². The summed E-state index contributed by atoms with van der Waals surface area (Å²) in [5, 5.41) is 26.9. The smallest absolute Gasteiger partial charge is 0.311 e. The van der Waals surface area contributed by atoms with Crippen molar-refractivity contribution >= 4 is 17.3 Å². The van der Waals surface area contributed by atoms with Gasteiger partial charge in [-0.1, -0.05) is 13.8 Å². The lowest BCUT2D eigenvalue weighted by atomic mass is 9.64. The lowest BCUT2D eigenvalue weighted by Crippen LogP contribution is -2.57. The van der Waals surface area contributed by atoms with Gasteiger partial charge >= 0.3 is 5.69 Å². The number of aliphatic hydroxyl groups is 1. The van der Waals surface area contributed by atoms with E-state index in [4.69, 9.17) is 0 Å². The number of hydrogen-bond acceptors (Lipinski definition) is 6. The molecule has 1 heterocycles. The summed E-state index contributed by atoms with van der Waals surface area (Å²) in [6.07, 6.45) is 0.174. The Balaban J connectivity index is 2.24. The fraction of sp³-hybridized carbons (Fsp3) is 0.615. The zero-order valence-corrected chi connectivity index (χ0v) is 11.9. The minimum atomic E-state index is -0.451. The molecule has 0 spiro atoms. The quantitative estimate of drug-likeness (QED) is 0.563. The van der Waals surface area contributed by atoms with Gasteiger partial charge in [-0.25, -0.2) is 4.98 Å². The van der Waals surface area contributed by atoms with Crippen LogP contribution in [-0.4, -0.2) is 33.7 Å². The van der Waals surface area contributed by atoms with Gasteiger partial charge < -0.3 is 15.7 Å². The maximum absolute atomic E-state index is 11.1. The molecule has 1 saturated carbocycles. The van der Waals surface area contributed by atoms with Crippen LogP contribution in [0.4, 0.5) is 17.3 Å². The lowest BCUT2D eigenvalue weighted by Gasteiger charge is -2.49. The molecule has 7 heteroatoms. The highest BCUT2D eigenvalue weighted by Crippen LogP contribution is 2.43. The summed E-state index contributed by atoms with van der Waals surface area (Å²) in [6.45, 7) is 6.48. The maximum Gasteiger partial charge on any atom is 0.311 e. The molecule has 2 unspecified atom stereocenters. The van der Waals surface area contributed by atoms with Gasteiger partial charge in [-0.15, -0.1) is 0 Å². The standard InChI is InChI=1S/C13H20N4O3/c1-4-14-11-6-5-8(17(19)20)12(16-11)15-9-7-10(18)13(9,2)3/h5-6,9-10,18H,4,7H2,1-3H3,(H2,14,15,16). The second-order valence-electron chi connectivity index (χ2n) is 5.62. The van der Waals surface area contributed by atoms with Gasteiger partial charge in [-0.05, 0) is 19.4 Å². The number of aliphatic hydroxyl groups excluding tert-OH is 1. The molecule has 1 aliphatic carbocycles. The molecule has 1 fully saturated rings. The van der Waals surface area contributed by atoms with E-state index >= 15 is 0 Å². The van der Waals surface area contributed by atoms with Crippen molar-refractivity contribution < 1.29 is 10.0 Å². The molecule has 1 aromatic heterocycles. The van der Waals surface area contributed by atoms with Gasteiger partial charge in [-0.3, -0.25) is 10.1 Å². The Morgan fingerprint density at radius 3 is 2.75 bits per heavy atom. The average Bonchev–Trinajstić information content (AvgIpc) is 2.38. The second-order valence-corrected chi connectivity index (χ2v) is 5.62. The molecule has 1 aromatic rings. The Bertz CT molecular complexity index is 518. The van der Waals surface area contributed by atoms with E-state index in [1.54, 1.807) is 6.07 Å². The first-order chi connectivity index (χ1) is 9.36. The van der Waals surface area contributed by atoms with Crippen LogP contribution in [0.3, 0.4) is 0 Å². The zero-order chi connectivity index (χ0) is 14.9. The monoisotopic (exact) mass is 280 g/mol. The Hall–Kier alpha value is -1.89. The molecule has 3 N–H and O–H groups in total. The number of aromatic nitrogens is 1. The molecule has 0 radical (unpaired) electrons. The van der Waals surface area contributed by atoms with Crippen LogP contribution in [0.15, 0.2) is 12.1 Å². The van der Waals surface area contributed by atoms with Gasteiger partial charge in [0.1, 0.15) is 5.82 Å². The molecule has 2 rings (SSSR count). The van der Waals surface area contributed by atoms with E-state index in [9.17, 15) is 15.2 Å². The molecular weight excluding hydrogens is 260 g/mol. The molecule has 20 heavy (non-hydrogen) atoms. The normalized spacial score (nSPS) is 23.8. The highest BCUT2D eigenvalue weighted by atomic mass is 16.6. The third kappa shape index (κ3) is 2.53. The summed E-state index contributed by atoms with van der Waals surface area (Å²) in [4.78, 5) is 14.9. The van der Waals surface area contributed by atoms with Crippen molar-refractivity contribution in [2.75, 3.05) is 17.2 Å². The van der Waals surface area contributed by atoms with Crippen molar-refractivity contribution in [1.29, 1.82) is 0 Å². The van der Waals surface area contributed by atoms with E-state index in [-0.39, 0.29) is 23.0 Å². The van der Waals surface area contributed by atoms with E-state index < -0.39 is 11.0 Å². The van der Waals surface area contributed by atoms with Crippen LogP contribution < -0.4 is 10.6 Å². The van der Waals surface area contributed by atoms with Gasteiger partial charge in [0.15, 0.2) is 0 Å². The number of nitro groups is 1. The fourth-order valence-corrected chi connectivity index (χ4v) is 2.30. The van der Waals surface area contributed by atoms with Crippen molar-refractivity contribution in [2.24, 2.45) is 5.41 Å². The number of anilines is 2. The zero-order valence-electron chi connectivity index (χ0n) is 11.9. The second kappa shape index (κ2) is 5.24. The Labute approximate surface area is 117 Å². The molecule has 0 aliphatic heterocycles. The minimum Gasteiger partial charge on any atom is -0.392 e. The van der Waals surface area contributed by atoms with Gasteiger partial charge in [0, 0.05) is 24.1 Å². The Morgan fingerprint density at radius 1 is 1.55 bits per heavy atom. The van der Waals surface area contributed by atoms with Crippen molar-refractivity contribution in [1.82, 2.24) is 4.98 Å². The van der Waals surface area contributed by atoms with Crippen molar-refractivity contribution in [3.8, 4) is 0 Å². The molecule has 0 amide bonds. The van der Waals surface area contributed by atoms with Crippen LogP contribution in [0.1, 0.15) is 27.2 Å². The first-order valence-electron chi connectivity index (χ1n) is 6.70. The predicted octanol–water partition coefficient (Wildman–Crippen LogP) is 1.99. The molecule has 7 nitrogen and oxygen atoms in total. The van der Waals surface area contributed by atoms with Crippen LogP contribution in [-0.2, 0) is 0 Å². The molecule has 0 saturated heterocycles. The number of nitrogens with one attached hydrogen (secondary N) is 2. The number of pyridine rings is 1. The summed E-state index contributed by atoms with van der Waals surface area (Å²) in [7, 11) is 0. The summed E-state index contributed by atoms with van der Waals surface area (Å²) >= 11 is 0. The molecule has 0 aromatic carbocycles. The van der Waals surface area contributed by atoms with E-state index in [1.165, 1.54) is 6.07 Å². The van der Waals surface area contributed by atoms with Crippen LogP contribution in [0.25, 0.3) is 0 Å². The number of rotatable bonds is 5.